The van der Waals surface area contributed by atoms with E-state index in [-0.39, 0.29) is 41.3 Å². The van der Waals surface area contributed by atoms with Crippen LogP contribution in [0.2, 0.25) is 10.0 Å². The summed E-state index contributed by atoms with van der Waals surface area (Å²) >= 11 is 12.1. The molecule has 0 unspecified atom stereocenters. The summed E-state index contributed by atoms with van der Waals surface area (Å²) in [5.41, 5.74) is 7.32. The summed E-state index contributed by atoms with van der Waals surface area (Å²) in [4.78, 5) is 30.0. The van der Waals surface area contributed by atoms with Crippen molar-refractivity contribution in [2.75, 3.05) is 50.5 Å². The zero-order valence-corrected chi connectivity index (χ0v) is 21.5. The van der Waals surface area contributed by atoms with E-state index in [1.165, 1.54) is 23.1 Å². The van der Waals surface area contributed by atoms with E-state index < -0.39 is 5.82 Å². The number of benzene rings is 2. The van der Waals surface area contributed by atoms with Crippen LogP contribution in [-0.4, -0.2) is 72.1 Å². The van der Waals surface area contributed by atoms with Crippen LogP contribution in [0.25, 0.3) is 0 Å². The van der Waals surface area contributed by atoms with Gasteiger partial charge in [0.2, 0.25) is 6.41 Å². The smallest absolute Gasteiger partial charge is 0.253 e. The molecule has 37 heavy (non-hydrogen) atoms. The number of nitrogens with two attached hydrogens (primary N) is 1. The van der Waals surface area contributed by atoms with E-state index in [4.69, 9.17) is 33.7 Å². The number of likely N-dealkylation sites (N-methyl/N-ethyl adjacent to an activating group) is 1. The van der Waals surface area contributed by atoms with Crippen molar-refractivity contribution in [3.05, 3.63) is 69.5 Å². The first-order chi connectivity index (χ1) is 17.8. The second-order valence-electron chi connectivity index (χ2n) is 8.49. The summed E-state index contributed by atoms with van der Waals surface area (Å²) in [5, 5.41) is 8.13. The molecule has 1 aliphatic heterocycles. The topological polar surface area (TPSA) is 105 Å². The van der Waals surface area contributed by atoms with Gasteiger partial charge in [-0.2, -0.15) is 0 Å². The molecule has 2 heterocycles. The Labute approximate surface area is 223 Å². The van der Waals surface area contributed by atoms with Gasteiger partial charge in [-0.15, -0.1) is 10.2 Å². The lowest BCUT2D eigenvalue weighted by molar-refractivity contribution is -0.106. The first-order valence-corrected chi connectivity index (χ1v) is 12.2. The van der Waals surface area contributed by atoms with Gasteiger partial charge in [-0.3, -0.25) is 14.5 Å². The maximum Gasteiger partial charge on any atom is 0.253 e. The fraction of sp³-hybridized carbons (Fsp3) is 0.280. The number of anilines is 3. The minimum Gasteiger partial charge on any atom is -0.489 e. The quantitative estimate of drug-likeness (QED) is 0.338. The molecule has 1 aliphatic rings. The van der Waals surface area contributed by atoms with Crippen LogP contribution >= 0.6 is 23.2 Å². The molecule has 9 nitrogen and oxygen atoms in total. The molecule has 0 atom stereocenters. The number of hydrogen-bond acceptors (Lipinski definition) is 7. The monoisotopic (exact) mass is 546 g/mol. The molecule has 0 spiro atoms. The number of piperazine rings is 1. The maximum absolute atomic E-state index is 13.8. The summed E-state index contributed by atoms with van der Waals surface area (Å²) in [6.07, 6.45) is 0.792. The molecule has 3 aromatic rings. The van der Waals surface area contributed by atoms with E-state index >= 15 is 0 Å². The molecule has 0 aliphatic carbocycles. The molecule has 0 saturated carbocycles. The van der Waals surface area contributed by atoms with Gasteiger partial charge in [-0.25, -0.2) is 4.39 Å². The normalized spacial score (nSPS) is 13.9. The van der Waals surface area contributed by atoms with E-state index in [9.17, 15) is 14.0 Å². The number of nitrogen functional groups attached to an aromatic ring is 1. The van der Waals surface area contributed by atoms with E-state index in [1.54, 1.807) is 24.3 Å². The van der Waals surface area contributed by atoms with Crippen molar-refractivity contribution in [1.82, 2.24) is 20.0 Å². The highest BCUT2D eigenvalue weighted by Gasteiger charge is 2.21. The van der Waals surface area contributed by atoms with Gasteiger partial charge in [-0.05, 0) is 49.0 Å². The number of rotatable bonds is 8. The van der Waals surface area contributed by atoms with Gasteiger partial charge in [0, 0.05) is 49.3 Å². The number of amides is 2. The third-order valence-electron chi connectivity index (χ3n) is 6.06. The second kappa shape index (κ2) is 11.7. The Bertz CT molecular complexity index is 1290. The number of carbonyl (C=O) groups is 2. The van der Waals surface area contributed by atoms with Crippen LogP contribution in [0.15, 0.2) is 42.5 Å². The predicted octanol–water partition coefficient (Wildman–Crippen LogP) is 3.81. The van der Waals surface area contributed by atoms with E-state index in [2.05, 4.69) is 15.1 Å². The second-order valence-corrected chi connectivity index (χ2v) is 9.28. The highest BCUT2D eigenvalue weighted by atomic mass is 35.5. The number of ether oxygens (including phenoxy) is 1. The summed E-state index contributed by atoms with van der Waals surface area (Å²) in [5.74, 6) is -0.272. The number of aromatic nitrogens is 2. The Kier molecular flexibility index (Phi) is 8.42. The lowest BCUT2D eigenvalue weighted by Gasteiger charge is -2.32. The lowest BCUT2D eigenvalue weighted by atomic mass is 10.1. The molecule has 0 bridgehead atoms. The van der Waals surface area contributed by atoms with Crippen molar-refractivity contribution in [1.29, 1.82) is 0 Å². The Hall–Kier alpha value is -3.47. The van der Waals surface area contributed by atoms with Crippen LogP contribution < -0.4 is 15.4 Å². The molecule has 194 valence electrons. The zero-order chi connectivity index (χ0) is 26.5. The molecule has 0 radical (unpaired) electrons. The summed E-state index contributed by atoms with van der Waals surface area (Å²) < 4.78 is 19.5. The van der Waals surface area contributed by atoms with Crippen molar-refractivity contribution in [2.24, 2.45) is 0 Å². The summed E-state index contributed by atoms with van der Waals surface area (Å²) in [6, 6.07) is 10.7. The fourth-order valence-electron chi connectivity index (χ4n) is 3.87. The third-order valence-corrected chi connectivity index (χ3v) is 6.82. The largest absolute Gasteiger partial charge is 0.489 e. The Morgan fingerprint density at radius 3 is 2.51 bits per heavy atom. The molecule has 1 saturated heterocycles. The Morgan fingerprint density at radius 2 is 1.84 bits per heavy atom. The minimum absolute atomic E-state index is 0.0131. The van der Waals surface area contributed by atoms with Gasteiger partial charge in [0.1, 0.15) is 5.82 Å². The van der Waals surface area contributed by atoms with Crippen molar-refractivity contribution in [2.45, 2.75) is 6.42 Å². The van der Waals surface area contributed by atoms with Crippen molar-refractivity contribution in [3.8, 4) is 5.75 Å². The molecule has 12 heteroatoms. The molecule has 1 aromatic heterocycles. The number of carbonyl (C=O) groups excluding carboxylic acids is 2. The van der Waals surface area contributed by atoms with E-state index in [0.717, 1.165) is 13.1 Å². The molecule has 2 amide bonds. The standard InChI is InChI=1S/C25H25Cl2FN6O3/c1-32-9-11-33(12-10-32)25(36)16-2-4-17(5-3-16)34(15-35)22-14-21(24(29)31-30-22)37-13-8-18-19(26)6-7-20(28)23(18)27/h2-7,14-15H,8-13H2,1H3,(H2,29,31). The number of hydrogen-bond donors (Lipinski definition) is 1. The highest BCUT2D eigenvalue weighted by Crippen LogP contribution is 2.30. The van der Waals surface area contributed by atoms with Crippen LogP contribution in [0, 0.1) is 5.82 Å². The van der Waals surface area contributed by atoms with Gasteiger partial charge in [0.15, 0.2) is 17.4 Å². The summed E-state index contributed by atoms with van der Waals surface area (Å²) in [6.45, 7) is 3.05. The van der Waals surface area contributed by atoms with E-state index in [0.29, 0.717) is 41.3 Å². The summed E-state index contributed by atoms with van der Waals surface area (Å²) in [7, 11) is 2.02. The first kappa shape index (κ1) is 26.6. The molecular formula is C25H25Cl2FN6O3. The third kappa shape index (κ3) is 6.10. The highest BCUT2D eigenvalue weighted by molar-refractivity contribution is 6.36. The molecule has 2 N–H and O–H groups in total. The van der Waals surface area contributed by atoms with Gasteiger partial charge < -0.3 is 20.3 Å². The molecule has 1 fully saturated rings. The number of halogens is 3. The fourth-order valence-corrected chi connectivity index (χ4v) is 4.43. The first-order valence-electron chi connectivity index (χ1n) is 11.5. The van der Waals surface area contributed by atoms with Gasteiger partial charge >= 0.3 is 0 Å². The van der Waals surface area contributed by atoms with E-state index in [1.807, 2.05) is 11.9 Å². The average molecular weight is 547 g/mol. The van der Waals surface area contributed by atoms with Crippen LogP contribution in [0.3, 0.4) is 0 Å². The van der Waals surface area contributed by atoms with Crippen molar-refractivity contribution < 1.29 is 18.7 Å². The molecule has 2 aromatic carbocycles. The molecular weight excluding hydrogens is 522 g/mol. The Morgan fingerprint density at radius 1 is 1.14 bits per heavy atom. The maximum atomic E-state index is 13.8. The van der Waals surface area contributed by atoms with Crippen LogP contribution in [0.1, 0.15) is 15.9 Å². The zero-order valence-electron chi connectivity index (χ0n) is 20.0. The van der Waals surface area contributed by atoms with Gasteiger partial charge in [0.25, 0.3) is 5.91 Å². The van der Waals surface area contributed by atoms with Crippen LogP contribution in [-0.2, 0) is 11.2 Å². The molecule has 4 rings (SSSR count). The van der Waals surface area contributed by atoms with Gasteiger partial charge in [0.05, 0.1) is 17.3 Å². The average Bonchev–Trinajstić information content (AvgIpc) is 2.90. The van der Waals surface area contributed by atoms with Crippen LogP contribution in [0.4, 0.5) is 21.7 Å². The Balaban J connectivity index is 1.46. The van der Waals surface area contributed by atoms with Crippen LogP contribution in [0.5, 0.6) is 5.75 Å². The predicted molar refractivity (Wildman–Crippen MR) is 140 cm³/mol. The number of nitrogens with zero attached hydrogens (tertiary/aromatic N) is 5. The van der Waals surface area contributed by atoms with Crippen molar-refractivity contribution in [3.63, 3.8) is 0 Å². The lowest BCUT2D eigenvalue weighted by Crippen LogP contribution is -2.47. The van der Waals surface area contributed by atoms with Crippen molar-refractivity contribution >= 4 is 52.8 Å². The minimum atomic E-state index is -0.577. The van der Waals surface area contributed by atoms with Gasteiger partial charge in [-0.1, -0.05) is 23.2 Å². The SMILES string of the molecule is CN1CCN(C(=O)c2ccc(N(C=O)c3cc(OCCc4c(Cl)ccc(F)c4Cl)c(N)nn3)cc2)CC1.